The van der Waals surface area contributed by atoms with E-state index in [2.05, 4.69) is 10.3 Å². The van der Waals surface area contributed by atoms with Crippen LogP contribution in [0.5, 0.6) is 11.5 Å². The number of esters is 1. The van der Waals surface area contributed by atoms with Crippen LogP contribution >= 0.6 is 22.7 Å². The minimum Gasteiger partial charge on any atom is -0.490 e. The number of aromatic nitrogens is 1. The van der Waals surface area contributed by atoms with E-state index in [1.54, 1.807) is 36.5 Å². The van der Waals surface area contributed by atoms with Gasteiger partial charge in [-0.05, 0) is 44.4 Å². The van der Waals surface area contributed by atoms with Crippen molar-refractivity contribution in [2.75, 3.05) is 25.1 Å². The van der Waals surface area contributed by atoms with Crippen LogP contribution in [0.4, 0.5) is 5.69 Å². The lowest BCUT2D eigenvalue weighted by atomic mass is 10.2. The molecule has 7 nitrogen and oxygen atoms in total. The number of thiazole rings is 1. The third-order valence-electron chi connectivity index (χ3n) is 3.88. The second-order valence-corrected chi connectivity index (χ2v) is 8.01. The highest BCUT2D eigenvalue weighted by atomic mass is 32.1. The van der Waals surface area contributed by atoms with Gasteiger partial charge in [0.2, 0.25) is 0 Å². The number of carbonyl (C=O) groups is 2. The minimum absolute atomic E-state index is 0.394. The van der Waals surface area contributed by atoms with Crippen LogP contribution in [-0.4, -0.2) is 36.7 Å². The van der Waals surface area contributed by atoms with Crippen LogP contribution in [0.3, 0.4) is 0 Å². The molecule has 3 aromatic rings. The molecule has 0 saturated carbocycles. The highest BCUT2D eigenvalue weighted by Crippen LogP contribution is 2.32. The van der Waals surface area contributed by atoms with Gasteiger partial charge >= 0.3 is 5.97 Å². The zero-order valence-electron chi connectivity index (χ0n) is 16.9. The van der Waals surface area contributed by atoms with Crippen molar-refractivity contribution in [3.63, 3.8) is 0 Å². The highest BCUT2D eigenvalue weighted by molar-refractivity contribution is 7.22. The molecule has 1 amide bonds. The number of rotatable bonds is 9. The largest absolute Gasteiger partial charge is 0.490 e. The van der Waals surface area contributed by atoms with Crippen LogP contribution in [0.15, 0.2) is 35.7 Å². The van der Waals surface area contributed by atoms with E-state index >= 15 is 0 Å². The molecule has 0 spiro atoms. The van der Waals surface area contributed by atoms with Gasteiger partial charge in [-0.15, -0.1) is 22.7 Å². The Morgan fingerprint density at radius 1 is 1.10 bits per heavy atom. The molecule has 0 bridgehead atoms. The van der Waals surface area contributed by atoms with Gasteiger partial charge in [-0.1, -0.05) is 6.07 Å². The molecule has 0 aliphatic heterocycles. The van der Waals surface area contributed by atoms with Gasteiger partial charge in [0.1, 0.15) is 9.88 Å². The maximum Gasteiger partial charge on any atom is 0.350 e. The molecule has 2 aromatic heterocycles. The number of ether oxygens (including phenoxy) is 3. The van der Waals surface area contributed by atoms with E-state index in [0.29, 0.717) is 41.0 Å². The molecule has 0 aliphatic carbocycles. The predicted molar refractivity (Wildman–Crippen MR) is 118 cm³/mol. The Morgan fingerprint density at radius 2 is 1.87 bits per heavy atom. The average Bonchev–Trinajstić information content (AvgIpc) is 3.38. The van der Waals surface area contributed by atoms with Gasteiger partial charge in [-0.25, -0.2) is 9.78 Å². The van der Waals surface area contributed by atoms with Crippen LogP contribution in [0.25, 0.3) is 9.88 Å². The lowest BCUT2D eigenvalue weighted by Gasteiger charge is -2.13. The molecule has 1 aromatic carbocycles. The number of hydrogen-bond donors (Lipinski definition) is 1. The van der Waals surface area contributed by atoms with E-state index in [-0.39, 0.29) is 0 Å². The van der Waals surface area contributed by atoms with E-state index in [0.717, 1.165) is 9.88 Å². The summed E-state index contributed by atoms with van der Waals surface area (Å²) in [6.45, 7) is 6.07. The fraction of sp³-hybridized carbons (Fsp3) is 0.286. The fourth-order valence-corrected chi connectivity index (χ4v) is 4.37. The standard InChI is InChI=1S/C21H22N2O5S2/c1-4-26-15-9-8-14(11-16(15)27-5-2)23-18(24)12-28-21(25)19-13(3)22-20(30-19)17-7-6-10-29-17/h6-11H,4-5,12H2,1-3H3,(H,23,24). The van der Waals surface area contributed by atoms with Crippen molar-refractivity contribution < 1.29 is 23.8 Å². The summed E-state index contributed by atoms with van der Waals surface area (Å²) in [4.78, 5) is 30.4. The number of carbonyl (C=O) groups excluding carboxylic acids is 2. The summed E-state index contributed by atoms with van der Waals surface area (Å²) in [7, 11) is 0. The van der Waals surface area contributed by atoms with Crippen molar-refractivity contribution in [3.05, 3.63) is 46.3 Å². The van der Waals surface area contributed by atoms with Crippen molar-refractivity contribution in [2.45, 2.75) is 20.8 Å². The first-order chi connectivity index (χ1) is 14.5. The topological polar surface area (TPSA) is 86.8 Å². The minimum atomic E-state index is -0.565. The Morgan fingerprint density at radius 3 is 2.57 bits per heavy atom. The second kappa shape index (κ2) is 10.2. The number of hydrogen-bond acceptors (Lipinski definition) is 8. The number of aryl methyl sites for hydroxylation is 1. The van der Waals surface area contributed by atoms with Crippen molar-refractivity contribution in [2.24, 2.45) is 0 Å². The summed E-state index contributed by atoms with van der Waals surface area (Å²) >= 11 is 2.81. The zero-order valence-corrected chi connectivity index (χ0v) is 18.5. The number of thiophene rings is 1. The van der Waals surface area contributed by atoms with Crippen LogP contribution in [0.1, 0.15) is 29.2 Å². The van der Waals surface area contributed by atoms with Crippen LogP contribution < -0.4 is 14.8 Å². The highest BCUT2D eigenvalue weighted by Gasteiger charge is 2.19. The molecule has 3 rings (SSSR count). The molecule has 0 fully saturated rings. The maximum absolute atomic E-state index is 12.4. The fourth-order valence-electron chi connectivity index (χ4n) is 2.61. The average molecular weight is 447 g/mol. The Kier molecular flexibility index (Phi) is 7.42. The van der Waals surface area contributed by atoms with Gasteiger partial charge in [0, 0.05) is 11.8 Å². The van der Waals surface area contributed by atoms with Crippen molar-refractivity contribution in [3.8, 4) is 21.4 Å². The monoisotopic (exact) mass is 446 g/mol. The summed E-state index contributed by atoms with van der Waals surface area (Å²) in [5, 5.41) is 5.41. The molecular weight excluding hydrogens is 424 g/mol. The van der Waals surface area contributed by atoms with Crippen LogP contribution in [0, 0.1) is 6.92 Å². The molecular formula is C21H22N2O5S2. The Labute approximate surface area is 182 Å². The molecule has 1 N–H and O–H groups in total. The Hall–Kier alpha value is -2.91. The summed E-state index contributed by atoms with van der Waals surface area (Å²) in [6, 6.07) is 8.97. The first-order valence-electron chi connectivity index (χ1n) is 9.39. The third-order valence-corrected chi connectivity index (χ3v) is 6.05. The first kappa shape index (κ1) is 21.8. The van der Waals surface area contributed by atoms with Crippen molar-refractivity contribution >= 4 is 40.2 Å². The lowest BCUT2D eigenvalue weighted by molar-refractivity contribution is -0.119. The van der Waals surface area contributed by atoms with Crippen molar-refractivity contribution in [1.82, 2.24) is 4.98 Å². The van der Waals surface area contributed by atoms with Gasteiger partial charge in [-0.3, -0.25) is 4.79 Å². The molecule has 30 heavy (non-hydrogen) atoms. The van der Waals surface area contributed by atoms with Gasteiger partial charge in [-0.2, -0.15) is 0 Å². The van der Waals surface area contributed by atoms with Crippen LogP contribution in [0.2, 0.25) is 0 Å². The maximum atomic E-state index is 12.4. The van der Waals surface area contributed by atoms with E-state index in [1.165, 1.54) is 11.3 Å². The Balaban J connectivity index is 1.59. The molecule has 0 atom stereocenters. The van der Waals surface area contributed by atoms with E-state index in [1.807, 2.05) is 31.4 Å². The molecule has 0 aliphatic rings. The number of nitrogens with zero attached hydrogens (tertiary/aromatic N) is 1. The smallest absolute Gasteiger partial charge is 0.350 e. The number of amides is 1. The Bertz CT molecular complexity index is 1010. The van der Waals surface area contributed by atoms with E-state index < -0.39 is 18.5 Å². The molecule has 0 radical (unpaired) electrons. The lowest BCUT2D eigenvalue weighted by Crippen LogP contribution is -2.21. The van der Waals surface area contributed by atoms with E-state index in [4.69, 9.17) is 14.2 Å². The number of anilines is 1. The molecule has 2 heterocycles. The summed E-state index contributed by atoms with van der Waals surface area (Å²) in [5.41, 5.74) is 1.11. The summed E-state index contributed by atoms with van der Waals surface area (Å²) < 4.78 is 16.2. The van der Waals surface area contributed by atoms with Gasteiger partial charge < -0.3 is 19.5 Å². The quantitative estimate of drug-likeness (QED) is 0.476. The SMILES string of the molecule is CCOc1ccc(NC(=O)COC(=O)c2sc(-c3cccs3)nc2C)cc1OCC. The summed E-state index contributed by atoms with van der Waals surface area (Å²) in [5.74, 6) is 0.127. The first-order valence-corrected chi connectivity index (χ1v) is 11.1. The number of nitrogens with one attached hydrogen (secondary N) is 1. The van der Waals surface area contributed by atoms with Gasteiger partial charge in [0.15, 0.2) is 18.1 Å². The molecule has 9 heteroatoms. The van der Waals surface area contributed by atoms with E-state index in [9.17, 15) is 9.59 Å². The molecule has 0 saturated heterocycles. The normalized spacial score (nSPS) is 10.5. The zero-order chi connectivity index (χ0) is 21.5. The predicted octanol–water partition coefficient (Wildman–Crippen LogP) is 4.77. The van der Waals surface area contributed by atoms with Crippen molar-refractivity contribution in [1.29, 1.82) is 0 Å². The van der Waals surface area contributed by atoms with Gasteiger partial charge in [0.05, 0.1) is 23.8 Å². The number of benzene rings is 1. The molecule has 0 unspecified atom stereocenters. The van der Waals surface area contributed by atoms with Gasteiger partial charge in [0.25, 0.3) is 5.91 Å². The second-order valence-electron chi connectivity index (χ2n) is 6.06. The third kappa shape index (κ3) is 5.37. The summed E-state index contributed by atoms with van der Waals surface area (Å²) in [6.07, 6.45) is 0. The van der Waals surface area contributed by atoms with Crippen LogP contribution in [-0.2, 0) is 9.53 Å². The molecule has 158 valence electrons.